The highest BCUT2D eigenvalue weighted by Gasteiger charge is 2.29. The second kappa shape index (κ2) is 4.66. The van der Waals surface area contributed by atoms with E-state index in [2.05, 4.69) is 10.6 Å². The zero-order valence-corrected chi connectivity index (χ0v) is 10.4. The second-order valence-corrected chi connectivity index (χ2v) is 4.38. The molecule has 0 spiro atoms. The fraction of sp³-hybridized carbons (Fsp3) is 0.167. The van der Waals surface area contributed by atoms with Crippen LogP contribution in [0.3, 0.4) is 0 Å². The largest absolute Gasteiger partial charge is 0.508 e. The number of aliphatic carboxylic acids is 1. The van der Waals surface area contributed by atoms with Gasteiger partial charge in [0.15, 0.2) is 5.11 Å². The molecule has 0 radical (unpaired) electrons. The summed E-state index contributed by atoms with van der Waals surface area (Å²) in [5, 5.41) is 24.8. The lowest BCUT2D eigenvalue weighted by molar-refractivity contribution is -0.133. The molecule has 94 valence electrons. The summed E-state index contributed by atoms with van der Waals surface area (Å²) in [6, 6.07) is 5.87. The predicted molar refractivity (Wildman–Crippen MR) is 70.1 cm³/mol. The molecule has 0 saturated heterocycles. The second-order valence-electron chi connectivity index (χ2n) is 3.97. The maximum atomic E-state index is 11.3. The van der Waals surface area contributed by atoms with Crippen LogP contribution in [0.15, 0.2) is 35.5 Å². The van der Waals surface area contributed by atoms with Crippen LogP contribution in [0.25, 0.3) is 0 Å². The van der Waals surface area contributed by atoms with Crippen LogP contribution in [0.1, 0.15) is 18.5 Å². The Morgan fingerprint density at radius 2 is 2.17 bits per heavy atom. The average molecular weight is 264 g/mol. The molecule has 1 atom stereocenters. The highest BCUT2D eigenvalue weighted by molar-refractivity contribution is 7.80. The van der Waals surface area contributed by atoms with Crippen LogP contribution in [-0.4, -0.2) is 21.3 Å². The standard InChI is InChI=1S/C12H12N2O3S/c1-6-9(11(16)17)10(14-12(18)13-6)7-3-2-4-8(15)5-7/h2-5,10,15H,1H3,(H,16,17)(H2,13,14,18)/t10-/m1/s1. The van der Waals surface area contributed by atoms with E-state index in [1.807, 2.05) is 0 Å². The molecule has 0 saturated carbocycles. The first-order valence-electron chi connectivity index (χ1n) is 5.29. The molecular formula is C12H12N2O3S. The summed E-state index contributed by atoms with van der Waals surface area (Å²) in [5.74, 6) is -0.940. The zero-order chi connectivity index (χ0) is 13.3. The molecule has 1 aromatic rings. The molecule has 1 aliphatic heterocycles. The van der Waals surface area contributed by atoms with Gasteiger partial charge in [-0.25, -0.2) is 4.79 Å². The van der Waals surface area contributed by atoms with Crippen molar-refractivity contribution in [2.45, 2.75) is 13.0 Å². The summed E-state index contributed by atoms with van der Waals surface area (Å²) >= 11 is 5.02. The van der Waals surface area contributed by atoms with E-state index in [0.717, 1.165) is 0 Å². The first kappa shape index (κ1) is 12.4. The first-order valence-corrected chi connectivity index (χ1v) is 5.70. The molecule has 0 amide bonds. The Bertz CT molecular complexity index is 554. The Balaban J connectivity index is 2.50. The van der Waals surface area contributed by atoms with Gasteiger partial charge < -0.3 is 20.8 Å². The van der Waals surface area contributed by atoms with Crippen molar-refractivity contribution >= 4 is 23.3 Å². The molecule has 0 fully saturated rings. The number of rotatable bonds is 2. The van der Waals surface area contributed by atoms with Gasteiger partial charge in [0.05, 0.1) is 11.6 Å². The number of nitrogens with one attached hydrogen (secondary N) is 2. The quantitative estimate of drug-likeness (QED) is 0.602. The fourth-order valence-corrected chi connectivity index (χ4v) is 2.20. The van der Waals surface area contributed by atoms with E-state index in [0.29, 0.717) is 16.4 Å². The molecule has 5 nitrogen and oxygen atoms in total. The van der Waals surface area contributed by atoms with Gasteiger partial charge in [0.1, 0.15) is 5.75 Å². The molecule has 0 unspecified atom stereocenters. The molecule has 0 aromatic heterocycles. The van der Waals surface area contributed by atoms with Crippen LogP contribution < -0.4 is 10.6 Å². The summed E-state index contributed by atoms with van der Waals surface area (Å²) < 4.78 is 0. The highest BCUT2D eigenvalue weighted by Crippen LogP contribution is 2.28. The molecule has 1 aromatic carbocycles. The van der Waals surface area contributed by atoms with Gasteiger partial charge in [-0.1, -0.05) is 12.1 Å². The summed E-state index contributed by atoms with van der Waals surface area (Å²) in [5.41, 5.74) is 1.34. The minimum absolute atomic E-state index is 0.0844. The Kier molecular flexibility index (Phi) is 3.20. The third-order valence-electron chi connectivity index (χ3n) is 2.70. The average Bonchev–Trinajstić information content (AvgIpc) is 2.27. The Labute approximate surface area is 109 Å². The van der Waals surface area contributed by atoms with Crippen molar-refractivity contribution in [1.82, 2.24) is 10.6 Å². The van der Waals surface area contributed by atoms with Crippen molar-refractivity contribution in [2.75, 3.05) is 0 Å². The lowest BCUT2D eigenvalue weighted by Crippen LogP contribution is -2.44. The molecule has 18 heavy (non-hydrogen) atoms. The van der Waals surface area contributed by atoms with Crippen LogP contribution >= 0.6 is 12.2 Å². The van der Waals surface area contributed by atoms with Crippen LogP contribution in [-0.2, 0) is 4.79 Å². The molecule has 4 N–H and O–H groups in total. The smallest absolute Gasteiger partial charge is 0.335 e. The number of allylic oxidation sites excluding steroid dienone is 1. The minimum atomic E-state index is -1.02. The molecule has 0 bridgehead atoms. The number of benzene rings is 1. The van der Waals surface area contributed by atoms with Crippen molar-refractivity contribution in [1.29, 1.82) is 0 Å². The molecule has 1 aliphatic rings. The van der Waals surface area contributed by atoms with Crippen molar-refractivity contribution in [3.8, 4) is 5.75 Å². The number of carboxylic acids is 1. The van der Waals surface area contributed by atoms with Crippen LogP contribution in [0.4, 0.5) is 0 Å². The summed E-state index contributed by atoms with van der Waals surface area (Å²) in [6.45, 7) is 1.66. The summed E-state index contributed by atoms with van der Waals surface area (Å²) in [6.07, 6.45) is 0. The van der Waals surface area contributed by atoms with E-state index in [-0.39, 0.29) is 11.3 Å². The van der Waals surface area contributed by atoms with Crippen LogP contribution in [0.2, 0.25) is 0 Å². The van der Waals surface area contributed by atoms with Gasteiger partial charge in [-0.15, -0.1) is 0 Å². The van der Waals surface area contributed by atoms with Crippen LogP contribution in [0.5, 0.6) is 5.75 Å². The van der Waals surface area contributed by atoms with Gasteiger partial charge in [-0.05, 0) is 36.8 Å². The van der Waals surface area contributed by atoms with E-state index in [1.165, 1.54) is 12.1 Å². The number of phenols is 1. The predicted octanol–water partition coefficient (Wildman–Crippen LogP) is 1.27. The monoisotopic (exact) mass is 264 g/mol. The molecular weight excluding hydrogens is 252 g/mol. The molecule has 1 heterocycles. The van der Waals surface area contributed by atoms with Crippen LogP contribution in [0, 0.1) is 0 Å². The third kappa shape index (κ3) is 2.28. The number of carboxylic acid groups (broad SMARTS) is 1. The number of hydrogen-bond acceptors (Lipinski definition) is 3. The Hall–Kier alpha value is -2.08. The van der Waals surface area contributed by atoms with Gasteiger partial charge in [0.25, 0.3) is 0 Å². The SMILES string of the molecule is CC1=C(C(=O)O)[C@@H](c2cccc(O)c2)NC(=S)N1. The zero-order valence-electron chi connectivity index (χ0n) is 9.60. The van der Waals surface area contributed by atoms with E-state index in [9.17, 15) is 15.0 Å². The maximum absolute atomic E-state index is 11.3. The van der Waals surface area contributed by atoms with Gasteiger partial charge in [-0.2, -0.15) is 0 Å². The van der Waals surface area contributed by atoms with Crippen molar-refractivity contribution in [3.05, 3.63) is 41.1 Å². The topological polar surface area (TPSA) is 81.6 Å². The number of aromatic hydroxyl groups is 1. The highest BCUT2D eigenvalue weighted by atomic mass is 32.1. The van der Waals surface area contributed by atoms with Crippen molar-refractivity contribution < 1.29 is 15.0 Å². The molecule has 0 aliphatic carbocycles. The van der Waals surface area contributed by atoms with E-state index in [4.69, 9.17) is 12.2 Å². The van der Waals surface area contributed by atoms with Crippen molar-refractivity contribution in [3.63, 3.8) is 0 Å². The molecule has 6 heteroatoms. The number of carbonyl (C=O) groups is 1. The van der Waals surface area contributed by atoms with Gasteiger partial charge >= 0.3 is 5.97 Å². The van der Waals surface area contributed by atoms with E-state index >= 15 is 0 Å². The number of phenolic OH excluding ortho intramolecular Hbond substituents is 1. The van der Waals surface area contributed by atoms with E-state index in [1.54, 1.807) is 19.1 Å². The lowest BCUT2D eigenvalue weighted by atomic mass is 9.95. The third-order valence-corrected chi connectivity index (χ3v) is 2.92. The maximum Gasteiger partial charge on any atom is 0.335 e. The normalized spacial score (nSPS) is 19.2. The minimum Gasteiger partial charge on any atom is -0.508 e. The van der Waals surface area contributed by atoms with E-state index < -0.39 is 12.0 Å². The number of hydrogen-bond donors (Lipinski definition) is 4. The molecule has 2 rings (SSSR count). The van der Waals surface area contributed by atoms with Gasteiger partial charge in [0.2, 0.25) is 0 Å². The number of thiocarbonyl (C=S) groups is 1. The summed E-state index contributed by atoms with van der Waals surface area (Å²) in [4.78, 5) is 11.3. The van der Waals surface area contributed by atoms with Crippen molar-refractivity contribution in [2.24, 2.45) is 0 Å². The van der Waals surface area contributed by atoms with Gasteiger partial charge in [-0.3, -0.25) is 0 Å². The summed E-state index contributed by atoms with van der Waals surface area (Å²) in [7, 11) is 0. The Morgan fingerprint density at radius 1 is 1.44 bits per heavy atom. The fourth-order valence-electron chi connectivity index (χ4n) is 1.93. The lowest BCUT2D eigenvalue weighted by Gasteiger charge is -2.28. The van der Waals surface area contributed by atoms with Gasteiger partial charge in [0, 0.05) is 5.70 Å². The first-order chi connectivity index (χ1) is 8.49. The Morgan fingerprint density at radius 3 is 2.78 bits per heavy atom.